The van der Waals surface area contributed by atoms with E-state index in [4.69, 9.17) is 11.6 Å². The van der Waals surface area contributed by atoms with E-state index in [9.17, 15) is 14.0 Å². The molecule has 0 atom stereocenters. The van der Waals surface area contributed by atoms with Crippen LogP contribution in [-0.4, -0.2) is 39.7 Å². The third-order valence-electron chi connectivity index (χ3n) is 4.22. The van der Waals surface area contributed by atoms with Gasteiger partial charge in [0.2, 0.25) is 5.91 Å². The van der Waals surface area contributed by atoms with Crippen LogP contribution in [0.3, 0.4) is 0 Å². The molecule has 0 unspecified atom stereocenters. The fraction of sp³-hybridized carbons (Fsp3) is 0.105. The maximum absolute atomic E-state index is 14.4. The highest BCUT2D eigenvalue weighted by molar-refractivity contribution is 6.30. The second-order valence-corrected chi connectivity index (χ2v) is 6.48. The summed E-state index contributed by atoms with van der Waals surface area (Å²) in [6.07, 6.45) is 0. The molecular formula is C19H14ClFN4O2. The highest BCUT2D eigenvalue weighted by Gasteiger charge is 2.27. The summed E-state index contributed by atoms with van der Waals surface area (Å²) >= 11 is 6.08. The molecule has 2 heterocycles. The van der Waals surface area contributed by atoms with Crippen LogP contribution in [0, 0.1) is 5.82 Å². The zero-order chi connectivity index (χ0) is 19.0. The summed E-state index contributed by atoms with van der Waals surface area (Å²) in [6, 6.07) is 14.7. The Morgan fingerprint density at radius 3 is 2.67 bits per heavy atom. The van der Waals surface area contributed by atoms with Crippen LogP contribution in [0.2, 0.25) is 5.02 Å². The molecule has 1 aliphatic heterocycles. The van der Waals surface area contributed by atoms with Crippen molar-refractivity contribution < 1.29 is 14.0 Å². The van der Waals surface area contributed by atoms with Crippen molar-refractivity contribution in [3.8, 4) is 16.9 Å². The summed E-state index contributed by atoms with van der Waals surface area (Å²) < 4.78 is 15.9. The Bertz CT molecular complexity index is 1050. The van der Waals surface area contributed by atoms with Crippen molar-refractivity contribution in [2.75, 3.05) is 13.2 Å². The number of benzene rings is 2. The lowest BCUT2D eigenvalue weighted by atomic mass is 10.1. The van der Waals surface area contributed by atoms with Gasteiger partial charge in [-0.15, -0.1) is 0 Å². The third kappa shape index (κ3) is 3.29. The first-order valence-electron chi connectivity index (χ1n) is 8.20. The summed E-state index contributed by atoms with van der Waals surface area (Å²) in [5, 5.41) is 7.44. The molecule has 0 spiro atoms. The van der Waals surface area contributed by atoms with Crippen molar-refractivity contribution in [2.24, 2.45) is 0 Å². The summed E-state index contributed by atoms with van der Waals surface area (Å²) in [7, 11) is 0. The van der Waals surface area contributed by atoms with Gasteiger partial charge in [-0.3, -0.25) is 9.59 Å². The molecule has 0 radical (unpaired) electrons. The fourth-order valence-corrected chi connectivity index (χ4v) is 3.11. The number of carbonyl (C=O) groups is 2. The normalized spacial score (nSPS) is 13.7. The average Bonchev–Trinajstić information content (AvgIpc) is 3.28. The van der Waals surface area contributed by atoms with Crippen LogP contribution < -0.4 is 5.32 Å². The first kappa shape index (κ1) is 17.2. The Kier molecular flexibility index (Phi) is 4.37. The molecule has 0 saturated carbocycles. The van der Waals surface area contributed by atoms with Gasteiger partial charge < -0.3 is 10.2 Å². The van der Waals surface area contributed by atoms with Crippen molar-refractivity contribution in [1.82, 2.24) is 20.0 Å². The Hall–Kier alpha value is -3.19. The number of halogens is 2. The smallest absolute Gasteiger partial charge is 0.276 e. The van der Waals surface area contributed by atoms with E-state index in [1.165, 1.54) is 21.7 Å². The highest BCUT2D eigenvalue weighted by atomic mass is 35.5. The van der Waals surface area contributed by atoms with Crippen LogP contribution in [0.25, 0.3) is 16.9 Å². The third-order valence-corrected chi connectivity index (χ3v) is 4.45. The van der Waals surface area contributed by atoms with Gasteiger partial charge >= 0.3 is 0 Å². The van der Waals surface area contributed by atoms with Gasteiger partial charge in [-0.2, -0.15) is 5.10 Å². The molecule has 1 N–H and O–H groups in total. The summed E-state index contributed by atoms with van der Waals surface area (Å²) in [6.45, 7) is 0.0919. The maximum atomic E-state index is 14.4. The van der Waals surface area contributed by atoms with Crippen molar-refractivity contribution in [2.45, 2.75) is 0 Å². The van der Waals surface area contributed by atoms with E-state index >= 15 is 0 Å². The molecule has 1 aliphatic rings. The van der Waals surface area contributed by atoms with Gasteiger partial charge in [0.25, 0.3) is 5.91 Å². The van der Waals surface area contributed by atoms with Crippen molar-refractivity contribution in [3.63, 3.8) is 0 Å². The summed E-state index contributed by atoms with van der Waals surface area (Å²) in [4.78, 5) is 25.4. The number of amides is 2. The van der Waals surface area contributed by atoms with E-state index in [-0.39, 0.29) is 24.8 Å². The first-order valence-corrected chi connectivity index (χ1v) is 8.57. The Morgan fingerprint density at radius 1 is 1.15 bits per heavy atom. The average molecular weight is 385 g/mol. The van der Waals surface area contributed by atoms with Crippen LogP contribution in [-0.2, 0) is 4.79 Å². The van der Waals surface area contributed by atoms with Crippen molar-refractivity contribution >= 4 is 23.4 Å². The number of aromatic nitrogens is 2. The van der Waals surface area contributed by atoms with Gasteiger partial charge in [0.05, 0.1) is 18.1 Å². The zero-order valence-electron chi connectivity index (χ0n) is 14.0. The predicted molar refractivity (Wildman–Crippen MR) is 98.0 cm³/mol. The van der Waals surface area contributed by atoms with Crippen LogP contribution >= 0.6 is 11.6 Å². The van der Waals surface area contributed by atoms with Gasteiger partial charge in [0, 0.05) is 10.6 Å². The van der Waals surface area contributed by atoms with Gasteiger partial charge in [-0.25, -0.2) is 9.07 Å². The number of hydrogen-bond donors (Lipinski definition) is 1. The molecule has 136 valence electrons. The summed E-state index contributed by atoms with van der Waals surface area (Å²) in [5.74, 6) is -1.07. The lowest BCUT2D eigenvalue weighted by Crippen LogP contribution is -2.30. The van der Waals surface area contributed by atoms with E-state index < -0.39 is 11.7 Å². The minimum Gasteiger partial charge on any atom is -0.337 e. The minimum absolute atomic E-state index is 0.0299. The van der Waals surface area contributed by atoms with E-state index in [0.29, 0.717) is 22.0 Å². The van der Waals surface area contributed by atoms with E-state index in [1.54, 1.807) is 42.5 Å². The van der Waals surface area contributed by atoms with E-state index in [2.05, 4.69) is 10.4 Å². The Balaban J connectivity index is 1.84. The monoisotopic (exact) mass is 384 g/mol. The number of nitrogens with one attached hydrogen (secondary N) is 1. The standard InChI is InChI=1S/C19H14ClFN4O2/c20-12-4-3-5-13(8-12)25-17(14-6-1-2-7-15(14)21)9-16(23-25)19(27)24-10-18(26)22-11-24/h1-9H,10-11H2,(H,22,26). The number of nitrogens with zero attached hydrogens (tertiary/aromatic N) is 3. The second kappa shape index (κ2) is 6.85. The molecule has 1 aromatic heterocycles. The van der Waals surface area contributed by atoms with Crippen molar-refractivity contribution in [3.05, 3.63) is 71.1 Å². The van der Waals surface area contributed by atoms with Crippen LogP contribution in [0.15, 0.2) is 54.6 Å². The second-order valence-electron chi connectivity index (χ2n) is 6.05. The van der Waals surface area contributed by atoms with Gasteiger partial charge in [-0.1, -0.05) is 29.8 Å². The molecule has 27 heavy (non-hydrogen) atoms. The molecule has 0 aliphatic carbocycles. The predicted octanol–water partition coefficient (Wildman–Crippen LogP) is 2.86. The summed E-state index contributed by atoms with van der Waals surface area (Å²) in [5.41, 5.74) is 1.43. The molecule has 3 aromatic rings. The fourth-order valence-electron chi connectivity index (χ4n) is 2.93. The molecule has 2 aromatic carbocycles. The molecule has 2 amide bonds. The minimum atomic E-state index is -0.433. The topological polar surface area (TPSA) is 67.2 Å². The number of carbonyl (C=O) groups excluding carboxylic acids is 2. The highest BCUT2D eigenvalue weighted by Crippen LogP contribution is 2.28. The zero-order valence-corrected chi connectivity index (χ0v) is 14.8. The first-order chi connectivity index (χ1) is 13.0. The molecule has 1 fully saturated rings. The van der Waals surface area contributed by atoms with Crippen molar-refractivity contribution in [1.29, 1.82) is 0 Å². The SMILES string of the molecule is O=C1CN(C(=O)c2cc(-c3ccccc3F)n(-c3cccc(Cl)c3)n2)CN1. The number of rotatable bonds is 3. The lowest BCUT2D eigenvalue weighted by Gasteiger charge is -2.10. The van der Waals surface area contributed by atoms with Gasteiger partial charge in [-0.05, 0) is 36.4 Å². The molecular weight excluding hydrogens is 371 g/mol. The molecule has 8 heteroatoms. The quantitative estimate of drug-likeness (QED) is 0.755. The molecule has 0 bridgehead atoms. The molecule has 6 nitrogen and oxygen atoms in total. The van der Waals surface area contributed by atoms with Crippen LogP contribution in [0.5, 0.6) is 0 Å². The van der Waals surface area contributed by atoms with E-state index in [0.717, 1.165) is 0 Å². The maximum Gasteiger partial charge on any atom is 0.276 e. The van der Waals surface area contributed by atoms with E-state index in [1.807, 2.05) is 0 Å². The Morgan fingerprint density at radius 2 is 1.96 bits per heavy atom. The van der Waals surface area contributed by atoms with Gasteiger partial charge in [0.15, 0.2) is 5.69 Å². The Labute approximate surface area is 159 Å². The van der Waals surface area contributed by atoms with Crippen LogP contribution in [0.1, 0.15) is 10.5 Å². The molecule has 1 saturated heterocycles. The largest absolute Gasteiger partial charge is 0.337 e. The lowest BCUT2D eigenvalue weighted by molar-refractivity contribution is -0.118. The van der Waals surface area contributed by atoms with Crippen LogP contribution in [0.4, 0.5) is 4.39 Å². The van der Waals surface area contributed by atoms with Gasteiger partial charge in [0.1, 0.15) is 12.4 Å². The number of hydrogen-bond acceptors (Lipinski definition) is 3. The molecule has 4 rings (SSSR count).